The molecule has 24 heavy (non-hydrogen) atoms. The summed E-state index contributed by atoms with van der Waals surface area (Å²) in [5, 5.41) is 4.13. The first-order valence-corrected chi connectivity index (χ1v) is 9.18. The normalized spacial score (nSPS) is 15.5. The lowest BCUT2D eigenvalue weighted by molar-refractivity contribution is 0.0955. The van der Waals surface area contributed by atoms with Crippen LogP contribution in [0.1, 0.15) is 47.8 Å². The average molecular weight is 363 g/mol. The molecule has 0 atom stereocenters. The van der Waals surface area contributed by atoms with E-state index in [-0.39, 0.29) is 5.91 Å². The smallest absolute Gasteiger partial charge is 0.271 e. The zero-order chi connectivity index (χ0) is 16.9. The van der Waals surface area contributed by atoms with Crippen molar-refractivity contribution in [1.82, 2.24) is 5.43 Å². The highest BCUT2D eigenvalue weighted by molar-refractivity contribution is 7.18. The lowest BCUT2D eigenvalue weighted by Gasteiger charge is -2.13. The predicted molar refractivity (Wildman–Crippen MR) is 98.3 cm³/mol. The number of nitrogens with one attached hydrogen (secondary N) is 1. The van der Waals surface area contributed by atoms with Crippen LogP contribution in [0.4, 0.5) is 0 Å². The maximum atomic E-state index is 12.2. The van der Waals surface area contributed by atoms with Crippen LogP contribution >= 0.6 is 22.9 Å². The third kappa shape index (κ3) is 4.36. The van der Waals surface area contributed by atoms with E-state index in [1.165, 1.54) is 24.2 Å². The Kier molecular flexibility index (Phi) is 5.53. The molecule has 0 bridgehead atoms. The highest BCUT2D eigenvalue weighted by Crippen LogP contribution is 2.24. The first kappa shape index (κ1) is 17.0. The minimum Gasteiger partial charge on any atom is -0.490 e. The third-order valence-corrected chi connectivity index (χ3v) is 5.32. The van der Waals surface area contributed by atoms with Crippen LogP contribution in [-0.4, -0.2) is 17.7 Å². The monoisotopic (exact) mass is 362 g/mol. The molecule has 4 nitrogen and oxygen atoms in total. The largest absolute Gasteiger partial charge is 0.490 e. The molecule has 2 aromatic rings. The molecule has 0 aliphatic heterocycles. The maximum Gasteiger partial charge on any atom is 0.271 e. The number of rotatable bonds is 5. The molecule has 1 heterocycles. The lowest BCUT2D eigenvalue weighted by atomic mass is 10.2. The molecule has 0 saturated heterocycles. The highest BCUT2D eigenvalue weighted by Gasteiger charge is 2.16. The summed E-state index contributed by atoms with van der Waals surface area (Å²) < 4.78 is 6.60. The van der Waals surface area contributed by atoms with Crippen molar-refractivity contribution >= 4 is 34.6 Å². The maximum absolute atomic E-state index is 12.2. The van der Waals surface area contributed by atoms with Gasteiger partial charge in [0.25, 0.3) is 5.91 Å². The SMILES string of the molecule is CC(=NNC(=O)c1ccc(OC2CCCC2)cc1)c1ccc(Cl)s1. The molecule has 1 aromatic heterocycles. The van der Waals surface area contributed by atoms with E-state index in [4.69, 9.17) is 16.3 Å². The molecule has 126 valence electrons. The van der Waals surface area contributed by atoms with Gasteiger partial charge in [-0.2, -0.15) is 5.10 Å². The Morgan fingerprint density at radius 3 is 2.54 bits per heavy atom. The van der Waals surface area contributed by atoms with Crippen molar-refractivity contribution < 1.29 is 9.53 Å². The minimum absolute atomic E-state index is 0.246. The van der Waals surface area contributed by atoms with Gasteiger partial charge in [0.05, 0.1) is 21.0 Å². The number of carbonyl (C=O) groups is 1. The fourth-order valence-electron chi connectivity index (χ4n) is 2.65. The van der Waals surface area contributed by atoms with Gasteiger partial charge in [-0.15, -0.1) is 11.3 Å². The number of halogens is 1. The van der Waals surface area contributed by atoms with Crippen LogP contribution in [0.3, 0.4) is 0 Å². The number of carbonyl (C=O) groups excluding carboxylic acids is 1. The van der Waals surface area contributed by atoms with Gasteiger partial charge in [0.2, 0.25) is 0 Å². The van der Waals surface area contributed by atoms with Crippen LogP contribution in [0, 0.1) is 0 Å². The second-order valence-corrected chi connectivity index (χ2v) is 7.51. The zero-order valence-corrected chi connectivity index (χ0v) is 15.0. The zero-order valence-electron chi connectivity index (χ0n) is 13.4. The van der Waals surface area contributed by atoms with Crippen molar-refractivity contribution in [2.45, 2.75) is 38.7 Å². The number of ether oxygens (including phenoxy) is 1. The van der Waals surface area contributed by atoms with Gasteiger partial charge in [0, 0.05) is 5.56 Å². The quantitative estimate of drug-likeness (QED) is 0.609. The summed E-state index contributed by atoms with van der Waals surface area (Å²) in [7, 11) is 0. The Labute approximate surface area is 150 Å². The van der Waals surface area contributed by atoms with Crippen LogP contribution in [0.2, 0.25) is 4.34 Å². The predicted octanol–water partition coefficient (Wildman–Crippen LogP) is 4.88. The molecular weight excluding hydrogens is 344 g/mol. The molecule has 1 saturated carbocycles. The summed E-state index contributed by atoms with van der Waals surface area (Å²) in [5.41, 5.74) is 3.84. The Morgan fingerprint density at radius 2 is 1.92 bits per heavy atom. The van der Waals surface area contributed by atoms with Crippen LogP contribution in [0.15, 0.2) is 41.5 Å². The van der Waals surface area contributed by atoms with E-state index in [0.717, 1.165) is 29.2 Å². The van der Waals surface area contributed by atoms with E-state index in [0.29, 0.717) is 16.0 Å². The topological polar surface area (TPSA) is 50.7 Å². The molecule has 1 aliphatic carbocycles. The molecule has 0 spiro atoms. The molecule has 1 aliphatic rings. The van der Waals surface area contributed by atoms with Crippen molar-refractivity contribution in [3.63, 3.8) is 0 Å². The van der Waals surface area contributed by atoms with Gasteiger partial charge in [-0.3, -0.25) is 4.79 Å². The van der Waals surface area contributed by atoms with Crippen molar-refractivity contribution in [3.05, 3.63) is 51.2 Å². The van der Waals surface area contributed by atoms with E-state index >= 15 is 0 Å². The fraction of sp³-hybridized carbons (Fsp3) is 0.333. The van der Waals surface area contributed by atoms with E-state index in [1.54, 1.807) is 12.1 Å². The van der Waals surface area contributed by atoms with E-state index in [1.807, 2.05) is 31.2 Å². The standard InChI is InChI=1S/C18H19ClN2O2S/c1-12(16-10-11-17(19)24-16)20-21-18(22)13-6-8-15(9-7-13)23-14-4-2-3-5-14/h6-11,14H,2-5H2,1H3,(H,21,22). The fourth-order valence-corrected chi connectivity index (χ4v) is 3.63. The number of thiophene rings is 1. The second-order valence-electron chi connectivity index (χ2n) is 5.79. The summed E-state index contributed by atoms with van der Waals surface area (Å²) in [6, 6.07) is 10.9. The minimum atomic E-state index is -0.246. The summed E-state index contributed by atoms with van der Waals surface area (Å²) in [4.78, 5) is 13.1. The molecule has 6 heteroatoms. The summed E-state index contributed by atoms with van der Waals surface area (Å²) in [5.74, 6) is 0.566. The average Bonchev–Trinajstić information content (AvgIpc) is 3.24. The third-order valence-electron chi connectivity index (χ3n) is 3.98. The number of hydrogen-bond acceptors (Lipinski definition) is 4. The number of benzene rings is 1. The van der Waals surface area contributed by atoms with Gasteiger partial charge in [-0.1, -0.05) is 11.6 Å². The van der Waals surface area contributed by atoms with Gasteiger partial charge >= 0.3 is 0 Å². The molecule has 0 unspecified atom stereocenters. The van der Waals surface area contributed by atoms with Gasteiger partial charge < -0.3 is 4.74 Å². The summed E-state index contributed by atoms with van der Waals surface area (Å²) in [6.07, 6.45) is 5.01. The van der Waals surface area contributed by atoms with E-state index < -0.39 is 0 Å². The van der Waals surface area contributed by atoms with Crippen LogP contribution in [-0.2, 0) is 0 Å². The highest BCUT2D eigenvalue weighted by atomic mass is 35.5. The van der Waals surface area contributed by atoms with Crippen molar-refractivity contribution in [2.75, 3.05) is 0 Å². The molecule has 1 amide bonds. The molecule has 1 aromatic carbocycles. The molecular formula is C18H19ClN2O2S. The number of hydrazone groups is 1. The first-order valence-electron chi connectivity index (χ1n) is 7.99. The van der Waals surface area contributed by atoms with Crippen LogP contribution in [0.25, 0.3) is 0 Å². The van der Waals surface area contributed by atoms with Crippen LogP contribution < -0.4 is 10.2 Å². The van der Waals surface area contributed by atoms with E-state index in [2.05, 4.69) is 10.5 Å². The van der Waals surface area contributed by atoms with Gasteiger partial charge in [-0.25, -0.2) is 5.43 Å². The van der Waals surface area contributed by atoms with Crippen LogP contribution in [0.5, 0.6) is 5.75 Å². The van der Waals surface area contributed by atoms with Gasteiger partial charge in [0.1, 0.15) is 5.75 Å². The Hall–Kier alpha value is -1.85. The number of hydrogen-bond donors (Lipinski definition) is 1. The second kappa shape index (κ2) is 7.81. The summed E-state index contributed by atoms with van der Waals surface area (Å²) in [6.45, 7) is 1.83. The van der Waals surface area contributed by atoms with Crippen molar-refractivity contribution in [2.24, 2.45) is 5.10 Å². The molecule has 1 fully saturated rings. The number of amides is 1. The molecule has 1 N–H and O–H groups in total. The van der Waals surface area contributed by atoms with Gasteiger partial charge in [0.15, 0.2) is 0 Å². The van der Waals surface area contributed by atoms with Crippen molar-refractivity contribution in [1.29, 1.82) is 0 Å². The Balaban J connectivity index is 1.58. The van der Waals surface area contributed by atoms with Crippen molar-refractivity contribution in [3.8, 4) is 5.75 Å². The lowest BCUT2D eigenvalue weighted by Crippen LogP contribution is -2.19. The molecule has 3 rings (SSSR count). The summed E-state index contributed by atoms with van der Waals surface area (Å²) >= 11 is 7.33. The number of nitrogens with zero attached hydrogens (tertiary/aromatic N) is 1. The Morgan fingerprint density at radius 1 is 1.21 bits per heavy atom. The molecule has 0 radical (unpaired) electrons. The van der Waals surface area contributed by atoms with Gasteiger partial charge in [-0.05, 0) is 69.0 Å². The first-order chi connectivity index (χ1) is 11.6. The van der Waals surface area contributed by atoms with E-state index in [9.17, 15) is 4.79 Å². The Bertz CT molecular complexity index is 734.